The smallest absolute Gasteiger partial charge is 0.0908 e. The maximum atomic E-state index is 8.58. The van der Waals surface area contributed by atoms with E-state index in [-0.39, 0.29) is 0 Å². The molecule has 0 unspecified atom stereocenters. The van der Waals surface area contributed by atoms with E-state index in [1.807, 2.05) is 6.08 Å². The number of unbranched alkanes of at least 4 members (excludes halogenated alkanes) is 1. The highest BCUT2D eigenvalue weighted by molar-refractivity contribution is 5.26. The van der Waals surface area contributed by atoms with Gasteiger partial charge in [-0.3, -0.25) is 0 Å². The van der Waals surface area contributed by atoms with Gasteiger partial charge in [0.05, 0.1) is 6.07 Å². The quantitative estimate of drug-likeness (QED) is 0.421. The molecule has 2 aliphatic rings. The molecule has 0 amide bonds. The van der Waals surface area contributed by atoms with Crippen molar-refractivity contribution in [3.63, 3.8) is 0 Å². The molecule has 0 bridgehead atoms. The van der Waals surface area contributed by atoms with Crippen LogP contribution in [-0.2, 0) is 6.42 Å². The number of benzene rings is 1. The maximum absolute atomic E-state index is 8.58. The second-order valence-electron chi connectivity index (χ2n) is 9.35. The number of aryl methyl sites for hydroxylation is 1. The fourth-order valence-corrected chi connectivity index (χ4v) is 5.68. The molecule has 0 radical (unpaired) electrons. The SMILES string of the molecule is CCCCc1ccc(C2CCC(C3CCC(CCC=CC#N)CC3)CC2)cc1. The molecule has 28 heavy (non-hydrogen) atoms. The standard InChI is InChI=1S/C27H39N/c1-2-3-7-22-9-13-24(14-10-22)26-17-19-27(20-18-26)25-15-11-23(12-16-25)8-5-4-6-21-28/h4,6,9-10,13-14,23,25-27H,2-3,5,7-8,11-12,15-20H2,1H3. The summed E-state index contributed by atoms with van der Waals surface area (Å²) in [6.45, 7) is 2.27. The molecular formula is C27H39N. The van der Waals surface area contributed by atoms with Gasteiger partial charge in [-0.2, -0.15) is 5.26 Å². The van der Waals surface area contributed by atoms with E-state index in [9.17, 15) is 0 Å². The lowest BCUT2D eigenvalue weighted by Gasteiger charge is -2.38. The minimum atomic E-state index is 0.805. The van der Waals surface area contributed by atoms with Gasteiger partial charge >= 0.3 is 0 Å². The van der Waals surface area contributed by atoms with E-state index in [4.69, 9.17) is 5.26 Å². The van der Waals surface area contributed by atoms with Crippen molar-refractivity contribution in [1.82, 2.24) is 0 Å². The van der Waals surface area contributed by atoms with Crippen molar-refractivity contribution in [3.8, 4) is 6.07 Å². The first-order valence-corrected chi connectivity index (χ1v) is 11.9. The normalized spacial score (nSPS) is 28.3. The Morgan fingerprint density at radius 2 is 1.57 bits per heavy atom. The van der Waals surface area contributed by atoms with Crippen molar-refractivity contribution in [2.75, 3.05) is 0 Å². The van der Waals surface area contributed by atoms with Crippen LogP contribution < -0.4 is 0 Å². The Bertz CT molecular complexity index is 619. The molecule has 1 aromatic carbocycles. The molecule has 2 fully saturated rings. The summed E-state index contributed by atoms with van der Waals surface area (Å²) in [5, 5.41) is 8.58. The van der Waals surface area contributed by atoms with E-state index in [1.165, 1.54) is 82.6 Å². The van der Waals surface area contributed by atoms with Crippen molar-refractivity contribution >= 4 is 0 Å². The molecule has 0 atom stereocenters. The Morgan fingerprint density at radius 1 is 0.929 bits per heavy atom. The monoisotopic (exact) mass is 377 g/mol. The van der Waals surface area contributed by atoms with Crippen LogP contribution in [0.1, 0.15) is 101 Å². The van der Waals surface area contributed by atoms with Gasteiger partial charge in [-0.25, -0.2) is 0 Å². The Morgan fingerprint density at radius 3 is 2.18 bits per heavy atom. The molecule has 0 aliphatic heterocycles. The lowest BCUT2D eigenvalue weighted by molar-refractivity contribution is 0.157. The number of nitriles is 1. The van der Waals surface area contributed by atoms with Gasteiger partial charge < -0.3 is 0 Å². The van der Waals surface area contributed by atoms with Crippen LogP contribution in [0.3, 0.4) is 0 Å². The van der Waals surface area contributed by atoms with Crippen LogP contribution in [-0.4, -0.2) is 0 Å². The predicted octanol–water partition coefficient (Wildman–Crippen LogP) is 7.97. The summed E-state index contributed by atoms with van der Waals surface area (Å²) < 4.78 is 0. The van der Waals surface area contributed by atoms with Crippen molar-refractivity contribution in [1.29, 1.82) is 5.26 Å². The van der Waals surface area contributed by atoms with Gasteiger partial charge in [-0.05, 0) is 99.0 Å². The van der Waals surface area contributed by atoms with Crippen LogP contribution in [0.15, 0.2) is 36.4 Å². The third-order valence-corrected chi connectivity index (χ3v) is 7.53. The molecule has 0 saturated heterocycles. The number of hydrogen-bond donors (Lipinski definition) is 0. The maximum Gasteiger partial charge on any atom is 0.0908 e. The summed E-state index contributed by atoms with van der Waals surface area (Å²) in [5.41, 5.74) is 3.10. The number of nitrogens with zero attached hydrogens (tertiary/aromatic N) is 1. The first-order valence-electron chi connectivity index (χ1n) is 11.9. The van der Waals surface area contributed by atoms with E-state index in [1.54, 1.807) is 11.6 Å². The van der Waals surface area contributed by atoms with Crippen LogP contribution in [0.5, 0.6) is 0 Å². The van der Waals surface area contributed by atoms with Crippen molar-refractivity contribution in [3.05, 3.63) is 47.5 Å². The molecule has 0 heterocycles. The van der Waals surface area contributed by atoms with Crippen LogP contribution in [0.4, 0.5) is 0 Å². The fraction of sp³-hybridized carbons (Fsp3) is 0.667. The van der Waals surface area contributed by atoms with E-state index in [0.29, 0.717) is 0 Å². The molecule has 0 spiro atoms. The highest BCUT2D eigenvalue weighted by Gasteiger charge is 2.31. The summed E-state index contributed by atoms with van der Waals surface area (Å²) in [6, 6.07) is 11.7. The third kappa shape index (κ3) is 6.23. The Kier molecular flexibility index (Phi) is 8.66. The summed E-state index contributed by atoms with van der Waals surface area (Å²) in [6.07, 6.45) is 21.3. The number of hydrogen-bond acceptors (Lipinski definition) is 1. The zero-order chi connectivity index (χ0) is 19.6. The molecular weight excluding hydrogens is 338 g/mol. The van der Waals surface area contributed by atoms with Gasteiger partial charge in [0.15, 0.2) is 0 Å². The first-order chi connectivity index (χ1) is 13.8. The van der Waals surface area contributed by atoms with E-state index >= 15 is 0 Å². The van der Waals surface area contributed by atoms with Gasteiger partial charge in [0.1, 0.15) is 0 Å². The third-order valence-electron chi connectivity index (χ3n) is 7.53. The average Bonchev–Trinajstić information content (AvgIpc) is 2.76. The van der Waals surface area contributed by atoms with Gasteiger partial charge in [-0.1, -0.05) is 56.5 Å². The number of rotatable bonds is 8. The Labute approximate surface area is 173 Å². The van der Waals surface area contributed by atoms with Crippen molar-refractivity contribution in [2.45, 2.75) is 96.3 Å². The first kappa shape index (κ1) is 21.2. The van der Waals surface area contributed by atoms with Crippen LogP contribution in [0, 0.1) is 29.1 Å². The summed E-state index contributed by atoms with van der Waals surface area (Å²) in [7, 11) is 0. The zero-order valence-electron chi connectivity index (χ0n) is 17.9. The van der Waals surface area contributed by atoms with Gasteiger partial charge in [0.25, 0.3) is 0 Å². The number of allylic oxidation sites excluding steroid dienone is 2. The summed E-state index contributed by atoms with van der Waals surface area (Å²) >= 11 is 0. The zero-order valence-corrected chi connectivity index (χ0v) is 17.9. The lowest BCUT2D eigenvalue weighted by Crippen LogP contribution is -2.25. The van der Waals surface area contributed by atoms with Crippen molar-refractivity contribution in [2.24, 2.45) is 17.8 Å². The minimum Gasteiger partial charge on any atom is -0.193 e. The van der Waals surface area contributed by atoms with Gasteiger partial charge in [0, 0.05) is 6.08 Å². The molecule has 1 nitrogen and oxygen atoms in total. The predicted molar refractivity (Wildman–Crippen MR) is 119 cm³/mol. The molecule has 0 N–H and O–H groups in total. The van der Waals surface area contributed by atoms with Gasteiger partial charge in [0.2, 0.25) is 0 Å². The van der Waals surface area contributed by atoms with E-state index in [2.05, 4.69) is 37.3 Å². The Balaban J connectivity index is 1.38. The lowest BCUT2D eigenvalue weighted by atomic mass is 9.68. The summed E-state index contributed by atoms with van der Waals surface area (Å²) in [4.78, 5) is 0. The molecule has 1 heteroatoms. The van der Waals surface area contributed by atoms with Crippen LogP contribution in [0.2, 0.25) is 0 Å². The average molecular weight is 378 g/mol. The summed E-state index contributed by atoms with van der Waals surface area (Å²) in [5.74, 6) is 3.68. The highest BCUT2D eigenvalue weighted by Crippen LogP contribution is 2.44. The topological polar surface area (TPSA) is 23.8 Å². The second-order valence-corrected chi connectivity index (χ2v) is 9.35. The molecule has 1 aromatic rings. The van der Waals surface area contributed by atoms with Crippen molar-refractivity contribution < 1.29 is 0 Å². The largest absolute Gasteiger partial charge is 0.193 e. The van der Waals surface area contributed by atoms with Crippen LogP contribution in [0.25, 0.3) is 0 Å². The van der Waals surface area contributed by atoms with E-state index < -0.39 is 0 Å². The molecule has 2 aliphatic carbocycles. The van der Waals surface area contributed by atoms with Gasteiger partial charge in [-0.15, -0.1) is 0 Å². The second kappa shape index (κ2) is 11.5. The Hall–Kier alpha value is -1.55. The highest BCUT2D eigenvalue weighted by atomic mass is 14.4. The molecule has 3 rings (SSSR count). The fourth-order valence-electron chi connectivity index (χ4n) is 5.68. The van der Waals surface area contributed by atoms with E-state index in [0.717, 1.165) is 30.1 Å². The molecule has 152 valence electrons. The van der Waals surface area contributed by atoms with Crippen LogP contribution >= 0.6 is 0 Å². The minimum absolute atomic E-state index is 0.805. The molecule has 0 aromatic heterocycles. The molecule has 2 saturated carbocycles.